The van der Waals surface area contributed by atoms with Crippen LogP contribution in [0.5, 0.6) is 0 Å². The van der Waals surface area contributed by atoms with E-state index in [-0.39, 0.29) is 0 Å². The van der Waals surface area contributed by atoms with E-state index < -0.39 is 0 Å². The Labute approximate surface area is 103 Å². The lowest BCUT2D eigenvalue weighted by atomic mass is 10.5. The van der Waals surface area contributed by atoms with E-state index in [1.165, 1.54) is 6.42 Å². The van der Waals surface area contributed by atoms with Crippen LogP contribution in [0.15, 0.2) is 29.7 Å². The van der Waals surface area contributed by atoms with Gasteiger partial charge in [0.05, 0.1) is 0 Å². The summed E-state index contributed by atoms with van der Waals surface area (Å²) in [5, 5.41) is 0.903. The summed E-state index contributed by atoms with van der Waals surface area (Å²) in [6.07, 6.45) is 6.90. The van der Waals surface area contributed by atoms with E-state index in [0.717, 1.165) is 16.6 Å². The number of rotatable bonds is 2. The molecule has 16 heavy (non-hydrogen) atoms. The van der Waals surface area contributed by atoms with Crippen molar-refractivity contribution in [3.05, 3.63) is 30.5 Å². The molecule has 1 aromatic heterocycles. The van der Waals surface area contributed by atoms with Crippen LogP contribution in [0.2, 0.25) is 0 Å². The van der Waals surface area contributed by atoms with Gasteiger partial charge in [0.25, 0.3) is 0 Å². The molecule has 0 unspecified atom stereocenters. The molecular weight excluding hydrogens is 218 g/mol. The molecule has 0 aromatic carbocycles. The summed E-state index contributed by atoms with van der Waals surface area (Å²) in [5.41, 5.74) is 0.798. The highest BCUT2D eigenvalue weighted by atomic mass is 32.2. The molecule has 1 heterocycles. The Morgan fingerprint density at radius 1 is 1.56 bits per heavy atom. The number of hydrogen-bond donors (Lipinski definition) is 0. The van der Waals surface area contributed by atoms with Gasteiger partial charge in [-0.15, -0.1) is 11.8 Å². The van der Waals surface area contributed by atoms with Gasteiger partial charge in [-0.1, -0.05) is 26.8 Å². The first-order valence-corrected chi connectivity index (χ1v) is 6.55. The molecule has 0 amide bonds. The molecule has 90 valence electrons. The number of imidazole rings is 1. The van der Waals surface area contributed by atoms with Crippen molar-refractivity contribution in [1.29, 1.82) is 0 Å². The number of aromatic nitrogens is 2. The van der Waals surface area contributed by atoms with Crippen LogP contribution in [0.1, 0.15) is 33.0 Å². The minimum absolute atomic E-state index is 0.798. The molecule has 0 atom stereocenters. The van der Waals surface area contributed by atoms with E-state index in [4.69, 9.17) is 0 Å². The predicted molar refractivity (Wildman–Crippen MR) is 74.0 cm³/mol. The molecule has 0 aliphatic carbocycles. The van der Waals surface area contributed by atoms with E-state index in [0.29, 0.717) is 0 Å². The molecule has 0 N–H and O–H groups in total. The highest BCUT2D eigenvalue weighted by Crippen LogP contribution is 2.10. The second-order valence-corrected chi connectivity index (χ2v) is 4.22. The number of thioether (sulfide) groups is 1. The quantitative estimate of drug-likeness (QED) is 0.584. The number of nitrogens with zero attached hydrogens (tertiary/aromatic N) is 3. The van der Waals surface area contributed by atoms with Crippen LogP contribution >= 0.6 is 11.8 Å². The number of aliphatic imine (C=N–C) groups is 1. The Kier molecular flexibility index (Phi) is 7.64. The van der Waals surface area contributed by atoms with Gasteiger partial charge in [0, 0.05) is 25.1 Å². The molecule has 3 nitrogen and oxygen atoms in total. The molecule has 0 bridgehead atoms. The fraction of sp³-hybridized carbons (Fsp3) is 0.500. The monoisotopic (exact) mass is 239 g/mol. The number of allylic oxidation sites excluding steroid dienone is 1. The van der Waals surface area contributed by atoms with Crippen molar-refractivity contribution in [2.24, 2.45) is 12.0 Å². The summed E-state index contributed by atoms with van der Waals surface area (Å²) in [4.78, 5) is 8.51. The van der Waals surface area contributed by atoms with Crippen LogP contribution in [0.25, 0.3) is 0 Å². The Morgan fingerprint density at radius 3 is 2.44 bits per heavy atom. The summed E-state index contributed by atoms with van der Waals surface area (Å²) in [7, 11) is 1.95. The van der Waals surface area contributed by atoms with Crippen LogP contribution in [0.3, 0.4) is 0 Å². The predicted octanol–water partition coefficient (Wildman–Crippen LogP) is 3.48. The van der Waals surface area contributed by atoms with Gasteiger partial charge in [0.2, 0.25) is 0 Å². The van der Waals surface area contributed by atoms with Crippen molar-refractivity contribution in [2.45, 2.75) is 27.2 Å². The van der Waals surface area contributed by atoms with Crippen molar-refractivity contribution >= 4 is 16.8 Å². The fourth-order valence-corrected chi connectivity index (χ4v) is 1.56. The van der Waals surface area contributed by atoms with Crippen molar-refractivity contribution < 1.29 is 0 Å². The van der Waals surface area contributed by atoms with Gasteiger partial charge in [-0.3, -0.25) is 0 Å². The SMILES string of the molecule is C=C(C)N=C(SC)c1nccn1C.CCC. The number of hydrogen-bond acceptors (Lipinski definition) is 3. The lowest BCUT2D eigenvalue weighted by Gasteiger charge is -2.02. The molecule has 0 saturated heterocycles. The second kappa shape index (κ2) is 8.16. The second-order valence-electron chi connectivity index (χ2n) is 3.43. The van der Waals surface area contributed by atoms with E-state index in [2.05, 4.69) is 30.4 Å². The molecule has 0 radical (unpaired) electrons. The van der Waals surface area contributed by atoms with Crippen LogP contribution in [-0.2, 0) is 7.05 Å². The van der Waals surface area contributed by atoms with Gasteiger partial charge in [-0.25, -0.2) is 9.98 Å². The van der Waals surface area contributed by atoms with Gasteiger partial charge in [-0.2, -0.15) is 0 Å². The minimum Gasteiger partial charge on any atom is -0.332 e. The molecule has 4 heteroatoms. The summed E-state index contributed by atoms with van der Waals surface area (Å²) >= 11 is 1.58. The van der Waals surface area contributed by atoms with Crippen molar-refractivity contribution in [3.63, 3.8) is 0 Å². The maximum Gasteiger partial charge on any atom is 0.165 e. The normalized spacial score (nSPS) is 10.7. The highest BCUT2D eigenvalue weighted by Gasteiger charge is 2.06. The largest absolute Gasteiger partial charge is 0.332 e. The zero-order valence-electron chi connectivity index (χ0n) is 10.8. The van der Waals surface area contributed by atoms with E-state index in [1.807, 2.05) is 31.0 Å². The summed E-state index contributed by atoms with van der Waals surface area (Å²) in [6.45, 7) is 9.87. The third-order valence-electron chi connectivity index (χ3n) is 1.50. The molecule has 0 saturated carbocycles. The van der Waals surface area contributed by atoms with Crippen LogP contribution in [-0.4, -0.2) is 20.9 Å². The molecule has 1 rings (SSSR count). The Morgan fingerprint density at radius 2 is 2.12 bits per heavy atom. The first-order valence-electron chi connectivity index (χ1n) is 5.32. The van der Waals surface area contributed by atoms with Gasteiger partial charge < -0.3 is 4.57 Å². The maximum absolute atomic E-state index is 4.30. The van der Waals surface area contributed by atoms with Crippen LogP contribution in [0.4, 0.5) is 0 Å². The Bertz CT molecular complexity index is 353. The van der Waals surface area contributed by atoms with Gasteiger partial charge >= 0.3 is 0 Å². The average Bonchev–Trinajstić information content (AvgIpc) is 2.62. The molecular formula is C12H21N3S. The van der Waals surface area contributed by atoms with Crippen molar-refractivity contribution in [2.75, 3.05) is 6.26 Å². The standard InChI is InChI=1S/C9H13N3S.C3H8/c1-7(2)11-9(13-4)8-10-5-6-12(8)3;1-3-2/h5-6H,1H2,2-4H3;3H2,1-2H3. The molecule has 0 aliphatic heterocycles. The van der Waals surface area contributed by atoms with E-state index in [1.54, 1.807) is 18.0 Å². The lowest BCUT2D eigenvalue weighted by molar-refractivity contribution is 0.900. The van der Waals surface area contributed by atoms with Crippen LogP contribution < -0.4 is 0 Å². The summed E-state index contributed by atoms with van der Waals surface area (Å²) in [5.74, 6) is 0.885. The fourth-order valence-electron chi connectivity index (χ4n) is 0.932. The van der Waals surface area contributed by atoms with Gasteiger partial charge in [-0.05, 0) is 13.2 Å². The lowest BCUT2D eigenvalue weighted by Crippen LogP contribution is -2.04. The minimum atomic E-state index is 0.798. The van der Waals surface area contributed by atoms with Gasteiger partial charge in [0.15, 0.2) is 5.82 Å². The molecule has 0 spiro atoms. The molecule has 0 fully saturated rings. The maximum atomic E-state index is 4.30. The highest BCUT2D eigenvalue weighted by molar-refractivity contribution is 8.13. The first kappa shape index (κ1) is 15.0. The van der Waals surface area contributed by atoms with Gasteiger partial charge in [0.1, 0.15) is 5.04 Å². The molecule has 0 aliphatic rings. The Hall–Kier alpha value is -1.03. The van der Waals surface area contributed by atoms with E-state index in [9.17, 15) is 0 Å². The zero-order valence-corrected chi connectivity index (χ0v) is 11.6. The van der Waals surface area contributed by atoms with Crippen molar-refractivity contribution in [1.82, 2.24) is 9.55 Å². The smallest absolute Gasteiger partial charge is 0.165 e. The van der Waals surface area contributed by atoms with E-state index >= 15 is 0 Å². The zero-order chi connectivity index (χ0) is 12.6. The van der Waals surface area contributed by atoms with Crippen molar-refractivity contribution in [3.8, 4) is 0 Å². The molecule has 1 aromatic rings. The summed E-state index contributed by atoms with van der Waals surface area (Å²) < 4.78 is 1.94. The summed E-state index contributed by atoms with van der Waals surface area (Å²) in [6, 6.07) is 0. The number of aryl methyl sites for hydroxylation is 1. The average molecular weight is 239 g/mol. The third kappa shape index (κ3) is 5.16. The topological polar surface area (TPSA) is 30.2 Å². The first-order chi connectivity index (χ1) is 7.56. The third-order valence-corrected chi connectivity index (χ3v) is 2.16. The van der Waals surface area contributed by atoms with Crippen LogP contribution in [0, 0.1) is 0 Å². The Balaban J connectivity index is 0.000000673.